The van der Waals surface area contributed by atoms with E-state index in [1.165, 1.54) is 18.3 Å². The number of nitrogens with one attached hydrogen (secondary N) is 1. The van der Waals surface area contributed by atoms with Crippen molar-refractivity contribution < 1.29 is 14.7 Å². The first-order valence-electron chi connectivity index (χ1n) is 18.2. The largest absolute Gasteiger partial charge is 0.478 e. The van der Waals surface area contributed by atoms with E-state index in [9.17, 15) is 9.59 Å². The molecule has 5 aromatic heterocycles. The smallest absolute Gasteiger partial charge is 0.335 e. The average molecular weight is 841 g/mol. The highest BCUT2D eigenvalue weighted by atomic mass is 35.5. The molecule has 0 saturated heterocycles. The van der Waals surface area contributed by atoms with Gasteiger partial charge in [0.1, 0.15) is 5.82 Å². The van der Waals surface area contributed by atoms with E-state index >= 15 is 0 Å². The molecule has 0 saturated carbocycles. The summed E-state index contributed by atoms with van der Waals surface area (Å²) in [4.78, 5) is 51.2. The molecule has 0 unspecified atom stereocenters. The topological polar surface area (TPSA) is 254 Å². The maximum atomic E-state index is 12.8. The van der Waals surface area contributed by atoms with E-state index in [4.69, 9.17) is 45.1 Å². The van der Waals surface area contributed by atoms with E-state index in [-0.39, 0.29) is 24.6 Å². The van der Waals surface area contributed by atoms with E-state index in [1.807, 2.05) is 44.2 Å². The number of hydrogen-bond donors (Lipinski definition) is 3. The monoisotopic (exact) mass is 839 g/mol. The number of anilines is 1. The molecule has 7 rings (SSSR count). The summed E-state index contributed by atoms with van der Waals surface area (Å²) in [6.07, 6.45) is 7.11. The van der Waals surface area contributed by atoms with Crippen molar-refractivity contribution in [2.24, 2.45) is 10.2 Å². The summed E-state index contributed by atoms with van der Waals surface area (Å²) in [7, 11) is 0. The number of benzene rings is 2. The van der Waals surface area contributed by atoms with E-state index in [2.05, 4.69) is 50.3 Å². The third-order valence-corrected chi connectivity index (χ3v) is 9.71. The number of pyridine rings is 5. The molecule has 5 heterocycles. The van der Waals surface area contributed by atoms with Crippen LogP contribution in [0.1, 0.15) is 71.2 Å². The summed E-state index contributed by atoms with van der Waals surface area (Å²) in [5, 5.41) is 22.0. The number of amides is 1. The molecule has 18 heteroatoms. The Morgan fingerprint density at radius 1 is 0.750 bits per heavy atom. The summed E-state index contributed by atoms with van der Waals surface area (Å²) >= 11 is 12.2. The lowest BCUT2D eigenvalue weighted by Crippen LogP contribution is -2.24. The number of aromatic nitrogens is 5. The highest BCUT2D eigenvalue weighted by molar-refractivity contribution is 6.31. The Labute approximate surface area is 352 Å². The number of aromatic carboxylic acids is 1. The fourth-order valence-corrected chi connectivity index (χ4v) is 7.00. The zero-order chi connectivity index (χ0) is 42.8. The molecule has 0 aliphatic carbocycles. The molecule has 4 N–H and O–H groups in total. The first kappa shape index (κ1) is 42.3. The third kappa shape index (κ3) is 10.8. The molecule has 60 heavy (non-hydrogen) atoms. The minimum absolute atomic E-state index is 0.165. The van der Waals surface area contributed by atoms with Gasteiger partial charge in [0, 0.05) is 87.4 Å². The van der Waals surface area contributed by atoms with Gasteiger partial charge in [-0.05, 0) is 113 Å². The van der Waals surface area contributed by atoms with Gasteiger partial charge in [-0.25, -0.2) is 9.78 Å². The second-order valence-electron chi connectivity index (χ2n) is 13.6. The van der Waals surface area contributed by atoms with Crippen molar-refractivity contribution in [3.63, 3.8) is 0 Å². The molecule has 1 amide bonds. The number of carboxylic acid groups (broad SMARTS) is 1. The number of fused-ring (bicyclic) bond motifs is 2. The Morgan fingerprint density at radius 3 is 1.77 bits per heavy atom. The highest BCUT2D eigenvalue weighted by Gasteiger charge is 2.13. The second-order valence-corrected chi connectivity index (χ2v) is 14.5. The first-order valence-corrected chi connectivity index (χ1v) is 19.0. The van der Waals surface area contributed by atoms with Crippen molar-refractivity contribution in [2.75, 3.05) is 5.73 Å². The summed E-state index contributed by atoms with van der Waals surface area (Å²) in [5.41, 5.74) is 32.7. The van der Waals surface area contributed by atoms with E-state index in [0.29, 0.717) is 52.0 Å². The molecule has 0 radical (unpaired) electrons. The number of aryl methyl sites for hydroxylation is 2. The Bertz CT molecular complexity index is 2860. The van der Waals surface area contributed by atoms with Crippen molar-refractivity contribution in [1.82, 2.24) is 30.2 Å². The molecule has 0 aliphatic rings. The Kier molecular flexibility index (Phi) is 13.7. The quantitative estimate of drug-likeness (QED) is 0.0600. The first-order chi connectivity index (χ1) is 28.9. The molecule has 0 bridgehead atoms. The number of carbonyl (C=O) groups is 2. The van der Waals surface area contributed by atoms with Crippen LogP contribution in [0.2, 0.25) is 10.0 Å². The fourth-order valence-electron chi connectivity index (χ4n) is 6.66. The Morgan fingerprint density at radius 2 is 1.27 bits per heavy atom. The third-order valence-electron chi connectivity index (χ3n) is 9.30. The molecule has 16 nitrogen and oxygen atoms in total. The van der Waals surface area contributed by atoms with Crippen LogP contribution in [-0.2, 0) is 32.5 Å². The van der Waals surface area contributed by atoms with E-state index in [1.54, 1.807) is 42.9 Å². The number of halogens is 2. The van der Waals surface area contributed by atoms with Crippen LogP contribution in [0.15, 0.2) is 102 Å². The van der Waals surface area contributed by atoms with Crippen LogP contribution in [0.5, 0.6) is 0 Å². The van der Waals surface area contributed by atoms with Gasteiger partial charge >= 0.3 is 5.97 Å². The van der Waals surface area contributed by atoms with Crippen LogP contribution in [-0.4, -0.2) is 41.9 Å². The Balaban J connectivity index is 0.000000213. The Hall–Kier alpha value is -7.35. The number of carbonyl (C=O) groups excluding carboxylic acids is 1. The number of nitrogens with zero attached hydrogens (tertiary/aromatic N) is 11. The van der Waals surface area contributed by atoms with Crippen molar-refractivity contribution in [1.29, 1.82) is 0 Å². The zero-order valence-corrected chi connectivity index (χ0v) is 33.7. The molecule has 0 fully saturated rings. The molecular weight excluding hydrogens is 805 g/mol. The van der Waals surface area contributed by atoms with E-state index < -0.39 is 5.97 Å². The van der Waals surface area contributed by atoms with Gasteiger partial charge in [0.25, 0.3) is 5.91 Å². The maximum Gasteiger partial charge on any atom is 0.335 e. The number of carboxylic acids is 1. The van der Waals surface area contributed by atoms with E-state index in [0.717, 1.165) is 61.1 Å². The number of azide groups is 2. The fraction of sp³-hybridized carbons (Fsp3) is 0.167. The van der Waals surface area contributed by atoms with Gasteiger partial charge < -0.3 is 16.2 Å². The molecule has 2 aromatic carbocycles. The van der Waals surface area contributed by atoms with Crippen LogP contribution < -0.4 is 11.1 Å². The van der Waals surface area contributed by atoms with Crippen molar-refractivity contribution >= 4 is 62.7 Å². The summed E-state index contributed by atoms with van der Waals surface area (Å²) in [6, 6.07) is 19.5. The number of rotatable bonds is 12. The lowest BCUT2D eigenvalue weighted by Gasteiger charge is -2.12. The molecule has 0 spiro atoms. The number of hydrogen-bond acceptors (Lipinski definition) is 10. The molecular formula is C42H35Cl2N13O3. The zero-order valence-electron chi connectivity index (χ0n) is 32.2. The normalized spacial score (nSPS) is 10.6. The van der Waals surface area contributed by atoms with Gasteiger partial charge in [0.2, 0.25) is 0 Å². The SMILES string of the molecule is Cc1cc(N)nc(C)c1CNC(=O)c1ccnc(Cc2cc(CN=[N+]=[N-])c3ncc(Cl)cc3c2)c1.[N-]=[N+]=NCc1cc(Cc2cc(C(=O)O)ccn2)cc2cc(Cl)cnc12. The lowest BCUT2D eigenvalue weighted by atomic mass is 10.0. The molecule has 300 valence electrons. The van der Waals surface area contributed by atoms with Crippen molar-refractivity contribution in [2.45, 2.75) is 46.3 Å². The minimum Gasteiger partial charge on any atom is -0.478 e. The van der Waals surface area contributed by atoms with Crippen LogP contribution >= 0.6 is 23.2 Å². The van der Waals surface area contributed by atoms with Crippen LogP contribution in [0, 0.1) is 13.8 Å². The van der Waals surface area contributed by atoms with Gasteiger partial charge in [-0.15, -0.1) is 0 Å². The average Bonchev–Trinajstić information content (AvgIpc) is 3.21. The van der Waals surface area contributed by atoms with Gasteiger partial charge in [-0.2, -0.15) is 0 Å². The summed E-state index contributed by atoms with van der Waals surface area (Å²) in [5.74, 6) is -0.742. The van der Waals surface area contributed by atoms with Crippen molar-refractivity contribution in [3.8, 4) is 0 Å². The lowest BCUT2D eigenvalue weighted by molar-refractivity contribution is 0.0696. The minimum atomic E-state index is -0.998. The predicted molar refractivity (Wildman–Crippen MR) is 230 cm³/mol. The van der Waals surface area contributed by atoms with Crippen LogP contribution in [0.25, 0.3) is 42.7 Å². The van der Waals surface area contributed by atoms with Crippen LogP contribution in [0.4, 0.5) is 5.82 Å². The molecule has 0 aliphatic heterocycles. The van der Waals surface area contributed by atoms with Gasteiger partial charge in [0.05, 0.1) is 39.7 Å². The second kappa shape index (κ2) is 19.4. The summed E-state index contributed by atoms with van der Waals surface area (Å²) in [6.45, 7) is 4.50. The number of nitrogen functional groups attached to an aromatic ring is 1. The predicted octanol–water partition coefficient (Wildman–Crippen LogP) is 9.59. The molecule has 0 atom stereocenters. The molecule has 7 aromatic rings. The summed E-state index contributed by atoms with van der Waals surface area (Å²) < 4.78 is 0. The van der Waals surface area contributed by atoms with Crippen LogP contribution in [0.3, 0.4) is 0 Å². The maximum absolute atomic E-state index is 12.8. The standard InChI is InChI=1S/C25H23ClN8O.C17H12ClN5O2/c1-14-5-23(27)33-15(2)22(14)13-31-25(35)17-3-4-29-21(10-17)8-16-6-18-9-20(26)12-30-24(18)19(7-16)11-32-34-28;18-14-6-12-3-10(4-13(8-22-23-19)16(12)21-9-14)5-15-7-11(17(24)25)1-2-20-15/h3-7,9-10,12H,8,11,13H2,1-2H3,(H2,27,33)(H,31,35);1-4,6-7,9H,5,8H2,(H,24,25). The van der Waals surface area contributed by atoms with Gasteiger partial charge in [-0.1, -0.05) is 45.6 Å². The number of nitrogens with two attached hydrogens (primary N) is 1. The van der Waals surface area contributed by atoms with Gasteiger partial charge in [0.15, 0.2) is 0 Å². The van der Waals surface area contributed by atoms with Crippen molar-refractivity contribution in [3.05, 3.63) is 184 Å². The highest BCUT2D eigenvalue weighted by Crippen LogP contribution is 2.26. The van der Waals surface area contributed by atoms with Gasteiger partial charge in [-0.3, -0.25) is 24.7 Å².